The first-order valence-electron chi connectivity index (χ1n) is 8.76. The SMILES string of the molecule is COc1ccc(C(=O)C=Cc2ccc3c(c2)OCO3)c(Oc2ccccc2)c1. The predicted octanol–water partition coefficient (Wildman–Crippen LogP) is 5.11. The molecule has 1 heterocycles. The Hall–Kier alpha value is -3.73. The lowest BCUT2D eigenvalue weighted by Gasteiger charge is -2.11. The summed E-state index contributed by atoms with van der Waals surface area (Å²) in [6.07, 6.45) is 3.25. The van der Waals surface area contributed by atoms with Crippen LogP contribution in [-0.4, -0.2) is 19.7 Å². The van der Waals surface area contributed by atoms with E-state index >= 15 is 0 Å². The van der Waals surface area contributed by atoms with Gasteiger partial charge in [0.05, 0.1) is 12.7 Å². The van der Waals surface area contributed by atoms with Gasteiger partial charge in [0.1, 0.15) is 17.2 Å². The lowest BCUT2D eigenvalue weighted by Crippen LogP contribution is -1.99. The van der Waals surface area contributed by atoms with Crippen molar-refractivity contribution in [2.75, 3.05) is 13.9 Å². The first-order valence-corrected chi connectivity index (χ1v) is 8.76. The lowest BCUT2D eigenvalue weighted by molar-refractivity contribution is 0.104. The summed E-state index contributed by atoms with van der Waals surface area (Å²) in [5.74, 6) is 2.90. The highest BCUT2D eigenvalue weighted by Gasteiger charge is 2.14. The van der Waals surface area contributed by atoms with Gasteiger partial charge in [-0.3, -0.25) is 4.79 Å². The van der Waals surface area contributed by atoms with E-state index < -0.39 is 0 Å². The second-order valence-electron chi connectivity index (χ2n) is 6.09. The van der Waals surface area contributed by atoms with E-state index in [0.29, 0.717) is 34.3 Å². The Bertz CT molecular complexity index is 1020. The highest BCUT2D eigenvalue weighted by atomic mass is 16.7. The van der Waals surface area contributed by atoms with Crippen molar-refractivity contribution in [3.63, 3.8) is 0 Å². The summed E-state index contributed by atoms with van der Waals surface area (Å²) in [5.41, 5.74) is 1.29. The van der Waals surface area contributed by atoms with Crippen LogP contribution < -0.4 is 18.9 Å². The molecule has 0 atom stereocenters. The number of ether oxygens (including phenoxy) is 4. The van der Waals surface area contributed by atoms with Crippen LogP contribution in [0, 0.1) is 0 Å². The summed E-state index contributed by atoms with van der Waals surface area (Å²) in [6, 6.07) is 20.0. The molecule has 0 bridgehead atoms. The second-order valence-corrected chi connectivity index (χ2v) is 6.09. The average Bonchev–Trinajstić information content (AvgIpc) is 3.20. The van der Waals surface area contributed by atoms with Gasteiger partial charge in [-0.05, 0) is 48.0 Å². The van der Waals surface area contributed by atoms with E-state index in [1.807, 2.05) is 48.5 Å². The zero-order chi connectivity index (χ0) is 19.3. The van der Waals surface area contributed by atoms with Crippen LogP contribution in [0.3, 0.4) is 0 Å². The molecule has 5 heteroatoms. The molecular formula is C23H18O5. The molecule has 0 aliphatic carbocycles. The number of methoxy groups -OCH3 is 1. The fourth-order valence-electron chi connectivity index (χ4n) is 2.81. The summed E-state index contributed by atoms with van der Waals surface area (Å²) in [5, 5.41) is 0. The molecule has 28 heavy (non-hydrogen) atoms. The van der Waals surface area contributed by atoms with E-state index in [2.05, 4.69) is 0 Å². The summed E-state index contributed by atoms with van der Waals surface area (Å²) in [6.45, 7) is 0.216. The molecule has 0 radical (unpaired) electrons. The van der Waals surface area contributed by atoms with Gasteiger partial charge in [-0.1, -0.05) is 30.3 Å². The lowest BCUT2D eigenvalue weighted by atomic mass is 10.1. The van der Waals surface area contributed by atoms with E-state index in [1.54, 1.807) is 31.4 Å². The van der Waals surface area contributed by atoms with Gasteiger partial charge in [-0.15, -0.1) is 0 Å². The maximum Gasteiger partial charge on any atom is 0.231 e. The normalized spacial score (nSPS) is 12.2. The third-order valence-corrected chi connectivity index (χ3v) is 4.25. The van der Waals surface area contributed by atoms with E-state index in [-0.39, 0.29) is 12.6 Å². The number of para-hydroxylation sites is 1. The summed E-state index contributed by atoms with van der Waals surface area (Å²) >= 11 is 0. The van der Waals surface area contributed by atoms with Gasteiger partial charge in [-0.25, -0.2) is 0 Å². The number of carbonyl (C=O) groups excluding carboxylic acids is 1. The first kappa shape index (κ1) is 17.7. The molecule has 3 aromatic rings. The minimum absolute atomic E-state index is 0.175. The van der Waals surface area contributed by atoms with Crippen LogP contribution >= 0.6 is 0 Å². The Kier molecular flexibility index (Phi) is 4.97. The maximum absolute atomic E-state index is 12.8. The Balaban J connectivity index is 1.59. The van der Waals surface area contributed by atoms with E-state index in [0.717, 1.165) is 5.56 Å². The molecule has 4 rings (SSSR count). The molecule has 0 fully saturated rings. The van der Waals surface area contributed by atoms with Gasteiger partial charge in [0.25, 0.3) is 0 Å². The van der Waals surface area contributed by atoms with Crippen molar-refractivity contribution in [2.24, 2.45) is 0 Å². The Morgan fingerprint density at radius 1 is 0.929 bits per heavy atom. The van der Waals surface area contributed by atoms with Crippen LogP contribution in [0.4, 0.5) is 0 Å². The van der Waals surface area contributed by atoms with Crippen molar-refractivity contribution < 1.29 is 23.7 Å². The molecule has 0 unspecified atom stereocenters. The van der Waals surface area contributed by atoms with Crippen LogP contribution in [0.1, 0.15) is 15.9 Å². The summed E-state index contributed by atoms with van der Waals surface area (Å²) < 4.78 is 21.8. The van der Waals surface area contributed by atoms with Crippen molar-refractivity contribution in [1.82, 2.24) is 0 Å². The Morgan fingerprint density at radius 3 is 2.57 bits per heavy atom. The number of hydrogen-bond donors (Lipinski definition) is 0. The number of hydrogen-bond acceptors (Lipinski definition) is 5. The summed E-state index contributed by atoms with van der Waals surface area (Å²) in [7, 11) is 1.57. The van der Waals surface area contributed by atoms with Crippen LogP contribution in [-0.2, 0) is 0 Å². The molecule has 3 aromatic carbocycles. The molecule has 140 valence electrons. The van der Waals surface area contributed by atoms with Crippen molar-refractivity contribution in [3.8, 4) is 28.7 Å². The maximum atomic E-state index is 12.8. The fraction of sp³-hybridized carbons (Fsp3) is 0.0870. The van der Waals surface area contributed by atoms with E-state index in [4.69, 9.17) is 18.9 Å². The Morgan fingerprint density at radius 2 is 1.75 bits per heavy atom. The quantitative estimate of drug-likeness (QED) is 0.443. The van der Waals surface area contributed by atoms with Crippen LogP contribution in [0.15, 0.2) is 72.8 Å². The predicted molar refractivity (Wildman–Crippen MR) is 105 cm³/mol. The number of benzene rings is 3. The van der Waals surface area contributed by atoms with Crippen molar-refractivity contribution in [1.29, 1.82) is 0 Å². The largest absolute Gasteiger partial charge is 0.497 e. The van der Waals surface area contributed by atoms with Gasteiger partial charge in [-0.2, -0.15) is 0 Å². The van der Waals surface area contributed by atoms with Gasteiger partial charge in [0, 0.05) is 6.07 Å². The molecule has 1 aliphatic heterocycles. The molecule has 0 aromatic heterocycles. The van der Waals surface area contributed by atoms with Crippen molar-refractivity contribution in [3.05, 3.63) is 83.9 Å². The third-order valence-electron chi connectivity index (χ3n) is 4.25. The second kappa shape index (κ2) is 7.88. The number of rotatable bonds is 6. The highest BCUT2D eigenvalue weighted by molar-refractivity contribution is 6.08. The zero-order valence-electron chi connectivity index (χ0n) is 15.3. The molecule has 0 amide bonds. The number of carbonyl (C=O) groups is 1. The minimum Gasteiger partial charge on any atom is -0.497 e. The van der Waals surface area contributed by atoms with Crippen molar-refractivity contribution >= 4 is 11.9 Å². The number of ketones is 1. The molecule has 0 saturated heterocycles. The average molecular weight is 374 g/mol. The van der Waals surface area contributed by atoms with Crippen LogP contribution in [0.2, 0.25) is 0 Å². The smallest absolute Gasteiger partial charge is 0.231 e. The highest BCUT2D eigenvalue weighted by Crippen LogP contribution is 2.33. The van der Waals surface area contributed by atoms with Gasteiger partial charge in [0.15, 0.2) is 17.3 Å². The number of fused-ring (bicyclic) bond motifs is 1. The topological polar surface area (TPSA) is 54.0 Å². The van der Waals surface area contributed by atoms with Gasteiger partial charge >= 0.3 is 0 Å². The van der Waals surface area contributed by atoms with Gasteiger partial charge in [0.2, 0.25) is 6.79 Å². The molecule has 1 aliphatic rings. The monoisotopic (exact) mass is 374 g/mol. The fourth-order valence-corrected chi connectivity index (χ4v) is 2.81. The molecule has 0 spiro atoms. The third kappa shape index (κ3) is 3.83. The van der Waals surface area contributed by atoms with E-state index in [1.165, 1.54) is 6.08 Å². The Labute approximate surface area is 162 Å². The molecule has 5 nitrogen and oxygen atoms in total. The standard InChI is InChI=1S/C23H18O5/c1-25-18-9-10-19(22(14-18)28-17-5-3-2-4-6-17)20(24)11-7-16-8-12-21-23(13-16)27-15-26-21/h2-14H,15H2,1H3. The number of allylic oxidation sites excluding steroid dienone is 1. The van der Waals surface area contributed by atoms with E-state index in [9.17, 15) is 4.79 Å². The van der Waals surface area contributed by atoms with Crippen LogP contribution in [0.5, 0.6) is 28.7 Å². The molecule has 0 N–H and O–H groups in total. The first-order chi connectivity index (χ1) is 13.7. The minimum atomic E-state index is -0.175. The molecule has 0 saturated carbocycles. The van der Waals surface area contributed by atoms with Gasteiger partial charge < -0.3 is 18.9 Å². The zero-order valence-corrected chi connectivity index (χ0v) is 15.3. The molecular weight excluding hydrogens is 356 g/mol. The van der Waals surface area contributed by atoms with Crippen LogP contribution in [0.25, 0.3) is 6.08 Å². The summed E-state index contributed by atoms with van der Waals surface area (Å²) in [4.78, 5) is 12.8. The van der Waals surface area contributed by atoms with Crippen molar-refractivity contribution in [2.45, 2.75) is 0 Å².